The molecular weight excluding hydrogens is 236 g/mol. The second-order valence-electron chi connectivity index (χ2n) is 3.66. The molecule has 0 radical (unpaired) electrons. The summed E-state index contributed by atoms with van der Waals surface area (Å²) in [6, 6.07) is 7.98. The Hall–Kier alpha value is -1.94. The molecule has 0 spiro atoms. The van der Waals surface area contributed by atoms with Crippen molar-refractivity contribution in [3.05, 3.63) is 48.5 Å². The predicted octanol–water partition coefficient (Wildman–Crippen LogP) is 2.55. The van der Waals surface area contributed by atoms with Gasteiger partial charge in [-0.25, -0.2) is 4.68 Å². The van der Waals surface area contributed by atoms with Gasteiger partial charge < -0.3 is 0 Å². The molecule has 3 aromatic rings. The van der Waals surface area contributed by atoms with Crippen LogP contribution in [0.2, 0.25) is 0 Å². The molecule has 0 saturated carbocycles. The summed E-state index contributed by atoms with van der Waals surface area (Å²) in [5.74, 6) is 0.364. The van der Waals surface area contributed by atoms with Crippen molar-refractivity contribution in [2.45, 2.75) is 5.88 Å². The summed E-state index contributed by atoms with van der Waals surface area (Å²) < 4.78 is 1.72. The summed E-state index contributed by atoms with van der Waals surface area (Å²) in [6.45, 7) is 0. The second-order valence-corrected chi connectivity index (χ2v) is 3.93. The minimum Gasteiger partial charge on any atom is -0.264 e. The smallest absolute Gasteiger partial charge is 0.0979 e. The van der Waals surface area contributed by atoms with E-state index in [1.54, 1.807) is 10.9 Å². The van der Waals surface area contributed by atoms with Crippen LogP contribution in [0, 0.1) is 0 Å². The number of hydrogen-bond donors (Lipinski definition) is 0. The Morgan fingerprint density at radius 1 is 1.24 bits per heavy atom. The van der Waals surface area contributed by atoms with Crippen LogP contribution in [-0.4, -0.2) is 20.0 Å². The lowest BCUT2D eigenvalue weighted by Gasteiger charge is -2.04. The molecule has 2 aromatic heterocycles. The van der Waals surface area contributed by atoms with Gasteiger partial charge >= 0.3 is 0 Å². The molecule has 0 atom stereocenters. The Morgan fingerprint density at radius 2 is 2.18 bits per heavy atom. The number of aromatic nitrogens is 4. The number of hydrogen-bond acceptors (Lipinski definition) is 3. The molecule has 0 aliphatic rings. The molecule has 4 nitrogen and oxygen atoms in total. The van der Waals surface area contributed by atoms with Crippen LogP contribution in [-0.2, 0) is 5.88 Å². The number of pyridine rings is 1. The Bertz CT molecular complexity index is 657. The fraction of sp³-hybridized carbons (Fsp3) is 0.0833. The normalized spacial score (nSPS) is 10.9. The van der Waals surface area contributed by atoms with Gasteiger partial charge in [-0.15, -0.1) is 16.7 Å². The SMILES string of the molecule is ClCc1cn(-c2cccc3ccncc23)nn1. The second kappa shape index (κ2) is 4.14. The molecule has 0 fully saturated rings. The number of nitrogens with zero attached hydrogens (tertiary/aromatic N) is 4. The number of benzene rings is 1. The zero-order valence-electron chi connectivity index (χ0n) is 8.92. The van der Waals surface area contributed by atoms with Crippen LogP contribution < -0.4 is 0 Å². The van der Waals surface area contributed by atoms with Crippen molar-refractivity contribution in [1.29, 1.82) is 0 Å². The summed E-state index contributed by atoms with van der Waals surface area (Å²) in [5.41, 5.74) is 1.71. The van der Waals surface area contributed by atoms with Gasteiger partial charge in [0.05, 0.1) is 23.5 Å². The Labute approximate surface area is 103 Å². The fourth-order valence-corrected chi connectivity index (χ4v) is 1.90. The van der Waals surface area contributed by atoms with Crippen LogP contribution in [0.15, 0.2) is 42.9 Å². The van der Waals surface area contributed by atoms with Gasteiger partial charge in [-0.05, 0) is 17.5 Å². The molecular formula is C12H9ClN4. The van der Waals surface area contributed by atoms with Crippen LogP contribution in [0.1, 0.15) is 5.69 Å². The average molecular weight is 245 g/mol. The monoisotopic (exact) mass is 244 g/mol. The van der Waals surface area contributed by atoms with Crippen molar-refractivity contribution in [1.82, 2.24) is 20.0 Å². The number of fused-ring (bicyclic) bond motifs is 1. The van der Waals surface area contributed by atoms with Crippen LogP contribution in [0.3, 0.4) is 0 Å². The first-order chi connectivity index (χ1) is 8.38. The number of alkyl halides is 1. The zero-order valence-corrected chi connectivity index (χ0v) is 9.67. The van der Waals surface area contributed by atoms with Gasteiger partial charge in [0.15, 0.2) is 0 Å². The van der Waals surface area contributed by atoms with Crippen LogP contribution in [0.25, 0.3) is 16.5 Å². The lowest BCUT2D eigenvalue weighted by atomic mass is 10.1. The maximum absolute atomic E-state index is 5.72. The first-order valence-corrected chi connectivity index (χ1v) is 5.72. The van der Waals surface area contributed by atoms with Crippen molar-refractivity contribution in [3.63, 3.8) is 0 Å². The predicted molar refractivity (Wildman–Crippen MR) is 66.2 cm³/mol. The van der Waals surface area contributed by atoms with E-state index in [4.69, 9.17) is 11.6 Å². The van der Waals surface area contributed by atoms with Gasteiger partial charge in [0.2, 0.25) is 0 Å². The third-order valence-electron chi connectivity index (χ3n) is 2.59. The fourth-order valence-electron chi connectivity index (χ4n) is 1.77. The first-order valence-electron chi connectivity index (χ1n) is 5.19. The van der Waals surface area contributed by atoms with Gasteiger partial charge in [0.1, 0.15) is 0 Å². The molecule has 0 bridgehead atoms. The van der Waals surface area contributed by atoms with Gasteiger partial charge in [-0.2, -0.15) is 0 Å². The summed E-state index contributed by atoms with van der Waals surface area (Å²) in [5, 5.41) is 10.2. The molecule has 0 unspecified atom stereocenters. The van der Waals surface area contributed by atoms with E-state index in [1.165, 1.54) is 0 Å². The summed E-state index contributed by atoms with van der Waals surface area (Å²) in [4.78, 5) is 4.14. The third-order valence-corrected chi connectivity index (χ3v) is 2.86. The van der Waals surface area contributed by atoms with Crippen molar-refractivity contribution < 1.29 is 0 Å². The molecule has 3 rings (SSSR count). The standard InChI is InChI=1S/C12H9ClN4/c13-6-10-8-17(16-15-10)12-3-1-2-9-4-5-14-7-11(9)12/h1-5,7-8H,6H2. The van der Waals surface area contributed by atoms with Crippen molar-refractivity contribution in [3.8, 4) is 5.69 Å². The first kappa shape index (κ1) is 10.2. The van der Waals surface area contributed by atoms with Crippen molar-refractivity contribution in [2.75, 3.05) is 0 Å². The average Bonchev–Trinajstić information content (AvgIpc) is 2.87. The number of halogens is 1. The van der Waals surface area contributed by atoms with Crippen LogP contribution >= 0.6 is 11.6 Å². The lowest BCUT2D eigenvalue weighted by molar-refractivity contribution is 0.804. The molecule has 2 heterocycles. The quantitative estimate of drug-likeness (QED) is 0.651. The van der Waals surface area contributed by atoms with Gasteiger partial charge in [-0.1, -0.05) is 17.3 Å². The molecule has 0 aliphatic heterocycles. The topological polar surface area (TPSA) is 43.6 Å². The van der Waals surface area contributed by atoms with E-state index in [-0.39, 0.29) is 0 Å². The Kier molecular flexibility index (Phi) is 2.49. The molecule has 84 valence electrons. The summed E-state index contributed by atoms with van der Waals surface area (Å²) >= 11 is 5.72. The zero-order chi connectivity index (χ0) is 11.7. The van der Waals surface area contributed by atoms with Gasteiger partial charge in [0, 0.05) is 17.8 Å². The van der Waals surface area contributed by atoms with E-state index in [0.717, 1.165) is 22.2 Å². The highest BCUT2D eigenvalue weighted by Crippen LogP contribution is 2.20. The minimum atomic E-state index is 0.364. The minimum absolute atomic E-state index is 0.364. The van der Waals surface area contributed by atoms with Crippen LogP contribution in [0.5, 0.6) is 0 Å². The van der Waals surface area contributed by atoms with E-state index in [1.807, 2.05) is 36.7 Å². The molecule has 5 heteroatoms. The molecule has 0 saturated heterocycles. The lowest BCUT2D eigenvalue weighted by Crippen LogP contribution is -1.96. The van der Waals surface area contributed by atoms with Gasteiger partial charge in [-0.3, -0.25) is 4.98 Å². The van der Waals surface area contributed by atoms with Crippen molar-refractivity contribution >= 4 is 22.4 Å². The molecule has 0 N–H and O–H groups in total. The largest absolute Gasteiger partial charge is 0.264 e. The third kappa shape index (κ3) is 1.76. The van der Waals surface area contributed by atoms with E-state index < -0.39 is 0 Å². The maximum atomic E-state index is 5.72. The van der Waals surface area contributed by atoms with E-state index in [2.05, 4.69) is 15.3 Å². The number of rotatable bonds is 2. The molecule has 0 aliphatic carbocycles. The summed E-state index contributed by atoms with van der Waals surface area (Å²) in [6.07, 6.45) is 5.43. The molecule has 1 aromatic carbocycles. The molecule has 0 amide bonds. The molecule has 17 heavy (non-hydrogen) atoms. The summed E-state index contributed by atoms with van der Waals surface area (Å²) in [7, 11) is 0. The van der Waals surface area contributed by atoms with E-state index in [0.29, 0.717) is 5.88 Å². The van der Waals surface area contributed by atoms with Crippen molar-refractivity contribution in [2.24, 2.45) is 0 Å². The maximum Gasteiger partial charge on any atom is 0.0979 e. The van der Waals surface area contributed by atoms with Gasteiger partial charge in [0.25, 0.3) is 0 Å². The Balaban J connectivity index is 2.23. The van der Waals surface area contributed by atoms with E-state index >= 15 is 0 Å². The van der Waals surface area contributed by atoms with Crippen LogP contribution in [0.4, 0.5) is 0 Å². The highest BCUT2D eigenvalue weighted by Gasteiger charge is 2.05. The highest BCUT2D eigenvalue weighted by molar-refractivity contribution is 6.16. The highest BCUT2D eigenvalue weighted by atomic mass is 35.5. The van der Waals surface area contributed by atoms with E-state index in [9.17, 15) is 0 Å². The Morgan fingerprint density at radius 3 is 3.00 bits per heavy atom.